The zero-order valence-corrected chi connectivity index (χ0v) is 16.3. The SMILES string of the molecule is CNC(=O)c1[nH]c(C(=O)Nc2ncc(C)[nH]2)cc1O[C@H](C)c1ccc(Cl)cc1. The van der Waals surface area contributed by atoms with Crippen LogP contribution in [0.1, 0.15) is 45.3 Å². The zero-order valence-electron chi connectivity index (χ0n) is 15.6. The van der Waals surface area contributed by atoms with E-state index in [4.69, 9.17) is 16.3 Å². The molecule has 0 radical (unpaired) electrons. The second-order valence-corrected chi connectivity index (χ2v) is 6.62. The summed E-state index contributed by atoms with van der Waals surface area (Å²) < 4.78 is 5.94. The minimum Gasteiger partial charge on any atom is -0.484 e. The van der Waals surface area contributed by atoms with Gasteiger partial charge in [-0.05, 0) is 31.5 Å². The summed E-state index contributed by atoms with van der Waals surface area (Å²) in [5, 5.41) is 5.78. The van der Waals surface area contributed by atoms with Gasteiger partial charge in [-0.15, -0.1) is 0 Å². The van der Waals surface area contributed by atoms with Crippen molar-refractivity contribution in [1.82, 2.24) is 20.3 Å². The molecule has 2 amide bonds. The number of aromatic amines is 2. The van der Waals surface area contributed by atoms with Gasteiger partial charge in [-0.2, -0.15) is 0 Å². The molecule has 0 aliphatic carbocycles. The van der Waals surface area contributed by atoms with Crippen LogP contribution in [-0.4, -0.2) is 33.8 Å². The number of nitrogens with zero attached hydrogens (tertiary/aromatic N) is 1. The van der Waals surface area contributed by atoms with Gasteiger partial charge in [0.1, 0.15) is 17.5 Å². The number of H-pyrrole nitrogens is 2. The number of nitrogens with one attached hydrogen (secondary N) is 4. The van der Waals surface area contributed by atoms with Gasteiger partial charge in [-0.3, -0.25) is 14.9 Å². The molecule has 1 atom stereocenters. The first kappa shape index (κ1) is 19.5. The van der Waals surface area contributed by atoms with Crippen LogP contribution in [0.5, 0.6) is 5.75 Å². The van der Waals surface area contributed by atoms with Gasteiger partial charge in [0.05, 0.1) is 0 Å². The van der Waals surface area contributed by atoms with Gasteiger partial charge >= 0.3 is 0 Å². The van der Waals surface area contributed by atoms with Gasteiger partial charge in [-0.25, -0.2) is 4.98 Å². The number of imidazole rings is 1. The molecule has 3 rings (SSSR count). The Kier molecular flexibility index (Phi) is 5.70. The number of benzene rings is 1. The lowest BCUT2D eigenvalue weighted by Gasteiger charge is -2.15. The van der Waals surface area contributed by atoms with Crippen LogP contribution in [0.15, 0.2) is 36.5 Å². The van der Waals surface area contributed by atoms with E-state index in [1.807, 2.05) is 26.0 Å². The summed E-state index contributed by atoms with van der Waals surface area (Å²) in [4.78, 5) is 34.5. The van der Waals surface area contributed by atoms with Crippen LogP contribution >= 0.6 is 11.6 Å². The van der Waals surface area contributed by atoms with Crippen molar-refractivity contribution in [2.24, 2.45) is 0 Å². The highest BCUT2D eigenvalue weighted by molar-refractivity contribution is 6.30. The number of rotatable bonds is 6. The van der Waals surface area contributed by atoms with Gasteiger partial charge in [-0.1, -0.05) is 23.7 Å². The first-order valence-electron chi connectivity index (χ1n) is 8.57. The number of aryl methyl sites for hydroxylation is 1. The molecule has 2 aromatic heterocycles. The van der Waals surface area contributed by atoms with Gasteiger partial charge in [0, 0.05) is 30.0 Å². The molecule has 0 saturated carbocycles. The van der Waals surface area contributed by atoms with Crippen LogP contribution in [-0.2, 0) is 0 Å². The van der Waals surface area contributed by atoms with Gasteiger partial charge in [0.25, 0.3) is 11.8 Å². The lowest BCUT2D eigenvalue weighted by molar-refractivity contribution is 0.0952. The van der Waals surface area contributed by atoms with Gasteiger partial charge in [0.2, 0.25) is 5.95 Å². The molecule has 0 saturated heterocycles. The van der Waals surface area contributed by atoms with Crippen molar-refractivity contribution in [3.05, 3.63) is 64.2 Å². The van der Waals surface area contributed by atoms with Crippen LogP contribution in [0.4, 0.5) is 5.95 Å². The van der Waals surface area contributed by atoms with E-state index in [0.29, 0.717) is 11.0 Å². The quantitative estimate of drug-likeness (QED) is 0.506. The highest BCUT2D eigenvalue weighted by Crippen LogP contribution is 2.27. The van der Waals surface area contributed by atoms with Crippen molar-refractivity contribution in [1.29, 1.82) is 0 Å². The Morgan fingerprint density at radius 1 is 1.18 bits per heavy atom. The number of hydrogen-bond donors (Lipinski definition) is 4. The first-order valence-corrected chi connectivity index (χ1v) is 8.95. The molecule has 1 aromatic carbocycles. The predicted octanol–water partition coefficient (Wildman–Crippen LogP) is 3.45. The average Bonchev–Trinajstić information content (AvgIpc) is 3.27. The summed E-state index contributed by atoms with van der Waals surface area (Å²) in [6, 6.07) is 8.69. The molecule has 0 aliphatic heterocycles. The molecular weight excluding hydrogens is 382 g/mol. The molecule has 0 aliphatic rings. The summed E-state index contributed by atoms with van der Waals surface area (Å²) >= 11 is 5.92. The number of ether oxygens (including phenoxy) is 1. The lowest BCUT2D eigenvalue weighted by atomic mass is 10.1. The Morgan fingerprint density at radius 2 is 1.89 bits per heavy atom. The van der Waals surface area contributed by atoms with Crippen LogP contribution in [0, 0.1) is 6.92 Å². The Bertz CT molecular complexity index is 993. The highest BCUT2D eigenvalue weighted by atomic mass is 35.5. The topological polar surface area (TPSA) is 112 Å². The summed E-state index contributed by atoms with van der Waals surface area (Å²) in [7, 11) is 1.50. The van der Waals surface area contributed by atoms with Crippen molar-refractivity contribution < 1.29 is 14.3 Å². The zero-order chi connectivity index (χ0) is 20.3. The number of anilines is 1. The average molecular weight is 402 g/mol. The smallest absolute Gasteiger partial charge is 0.274 e. The number of hydrogen-bond acceptors (Lipinski definition) is 4. The molecule has 28 heavy (non-hydrogen) atoms. The summed E-state index contributed by atoms with van der Waals surface area (Å²) in [5.41, 5.74) is 2.02. The maximum atomic E-state index is 12.5. The monoisotopic (exact) mass is 401 g/mol. The number of carbonyl (C=O) groups excluding carboxylic acids is 2. The number of amides is 2. The van der Waals surface area contributed by atoms with Crippen LogP contribution in [0.2, 0.25) is 5.02 Å². The second kappa shape index (κ2) is 8.18. The Labute approximate surface area is 166 Å². The summed E-state index contributed by atoms with van der Waals surface area (Å²) in [5.74, 6) is -0.266. The molecule has 3 aromatic rings. The largest absolute Gasteiger partial charge is 0.484 e. The summed E-state index contributed by atoms with van der Waals surface area (Å²) in [6.45, 7) is 3.67. The molecule has 0 unspecified atom stereocenters. The van der Waals surface area contributed by atoms with E-state index < -0.39 is 11.8 Å². The van der Waals surface area contributed by atoms with Crippen molar-refractivity contribution in [3.63, 3.8) is 0 Å². The number of aromatic nitrogens is 3. The third-order valence-electron chi connectivity index (χ3n) is 4.06. The van der Waals surface area contributed by atoms with Gasteiger partial charge in [0.15, 0.2) is 5.75 Å². The van der Waals surface area contributed by atoms with E-state index in [2.05, 4.69) is 25.6 Å². The van der Waals surface area contributed by atoms with Crippen LogP contribution in [0.3, 0.4) is 0 Å². The molecule has 0 spiro atoms. The maximum absolute atomic E-state index is 12.5. The van der Waals surface area contributed by atoms with Crippen molar-refractivity contribution in [2.45, 2.75) is 20.0 Å². The molecule has 2 heterocycles. The number of halogens is 1. The van der Waals surface area contributed by atoms with Crippen molar-refractivity contribution >= 4 is 29.4 Å². The molecular formula is C19H20ClN5O3. The van der Waals surface area contributed by atoms with Crippen molar-refractivity contribution in [2.75, 3.05) is 12.4 Å². The third kappa shape index (κ3) is 4.34. The van der Waals surface area contributed by atoms with E-state index in [0.717, 1.165) is 11.3 Å². The first-order chi connectivity index (χ1) is 13.4. The Balaban J connectivity index is 1.83. The van der Waals surface area contributed by atoms with E-state index in [-0.39, 0.29) is 23.2 Å². The van der Waals surface area contributed by atoms with E-state index in [1.54, 1.807) is 18.3 Å². The fourth-order valence-corrected chi connectivity index (χ4v) is 2.71. The molecule has 8 nitrogen and oxygen atoms in total. The minimum absolute atomic E-state index is 0.157. The number of carbonyl (C=O) groups is 2. The fourth-order valence-electron chi connectivity index (χ4n) is 2.59. The predicted molar refractivity (Wildman–Crippen MR) is 106 cm³/mol. The molecule has 146 valence electrons. The second-order valence-electron chi connectivity index (χ2n) is 6.18. The molecule has 0 bridgehead atoms. The third-order valence-corrected chi connectivity index (χ3v) is 4.31. The van der Waals surface area contributed by atoms with Crippen LogP contribution in [0.25, 0.3) is 0 Å². The Morgan fingerprint density at radius 3 is 2.50 bits per heavy atom. The molecule has 4 N–H and O–H groups in total. The van der Waals surface area contributed by atoms with E-state index in [1.165, 1.54) is 13.1 Å². The lowest BCUT2D eigenvalue weighted by Crippen LogP contribution is -2.20. The minimum atomic E-state index is -0.450. The molecule has 0 fully saturated rings. The Hall–Kier alpha value is -3.26. The molecule has 9 heteroatoms. The van der Waals surface area contributed by atoms with Gasteiger partial charge < -0.3 is 20.0 Å². The maximum Gasteiger partial charge on any atom is 0.274 e. The fraction of sp³-hybridized carbons (Fsp3) is 0.211. The highest BCUT2D eigenvalue weighted by Gasteiger charge is 2.22. The summed E-state index contributed by atoms with van der Waals surface area (Å²) in [6.07, 6.45) is 1.24. The van der Waals surface area contributed by atoms with Crippen LogP contribution < -0.4 is 15.4 Å². The van der Waals surface area contributed by atoms with E-state index >= 15 is 0 Å². The standard InChI is InChI=1S/C19H20ClN5O3/c1-10-9-22-19(23-10)25-17(26)14-8-15(16(24-14)18(27)21-3)28-11(2)12-4-6-13(20)7-5-12/h4-9,11,24H,1-3H3,(H,21,27)(H2,22,23,25,26)/t11-/m1/s1. The normalized spacial score (nSPS) is 11.7. The van der Waals surface area contributed by atoms with Crippen molar-refractivity contribution in [3.8, 4) is 5.75 Å². The van der Waals surface area contributed by atoms with E-state index in [9.17, 15) is 9.59 Å².